The minimum absolute atomic E-state index is 0.105. The Morgan fingerprint density at radius 1 is 1.24 bits per heavy atom. The maximum absolute atomic E-state index is 12.5. The fraction of sp³-hybridized carbons (Fsp3) is 0.375. The number of aryl methyl sites for hydroxylation is 2. The number of anilines is 1. The SMILES string of the molecule is CCc1ccc(CN(C)C(=O)c2c(N)cnn2CC)cc1. The highest BCUT2D eigenvalue weighted by Gasteiger charge is 2.20. The lowest BCUT2D eigenvalue weighted by molar-refractivity contribution is 0.0774. The van der Waals surface area contributed by atoms with E-state index in [1.165, 1.54) is 11.8 Å². The maximum atomic E-state index is 12.5. The lowest BCUT2D eigenvalue weighted by Gasteiger charge is -2.18. The second kappa shape index (κ2) is 6.43. The van der Waals surface area contributed by atoms with Crippen LogP contribution in [0, 0.1) is 0 Å². The molecule has 0 bridgehead atoms. The smallest absolute Gasteiger partial charge is 0.274 e. The van der Waals surface area contributed by atoms with Gasteiger partial charge in [-0.05, 0) is 24.5 Å². The molecule has 21 heavy (non-hydrogen) atoms. The number of amides is 1. The second-order valence-electron chi connectivity index (χ2n) is 5.10. The predicted octanol–water partition coefficient (Wildman–Crippen LogP) is 2.32. The Hall–Kier alpha value is -2.30. The number of nitrogens with zero attached hydrogens (tertiary/aromatic N) is 3. The van der Waals surface area contributed by atoms with Crippen molar-refractivity contribution in [3.63, 3.8) is 0 Å². The number of nitrogen functional groups attached to an aromatic ring is 1. The van der Waals surface area contributed by atoms with Crippen LogP contribution in [0.15, 0.2) is 30.5 Å². The van der Waals surface area contributed by atoms with E-state index in [2.05, 4.69) is 36.3 Å². The van der Waals surface area contributed by atoms with Crippen LogP contribution in [0.2, 0.25) is 0 Å². The van der Waals surface area contributed by atoms with Crippen molar-refractivity contribution in [2.24, 2.45) is 0 Å². The molecule has 0 unspecified atom stereocenters. The minimum atomic E-state index is -0.105. The Bertz CT molecular complexity index is 616. The minimum Gasteiger partial charge on any atom is -0.396 e. The molecule has 1 aromatic heterocycles. The van der Waals surface area contributed by atoms with Crippen LogP contribution in [0.3, 0.4) is 0 Å². The van der Waals surface area contributed by atoms with Crippen molar-refractivity contribution in [2.45, 2.75) is 33.4 Å². The molecule has 0 saturated heterocycles. The summed E-state index contributed by atoms with van der Waals surface area (Å²) in [7, 11) is 1.78. The van der Waals surface area contributed by atoms with Gasteiger partial charge in [-0.1, -0.05) is 31.2 Å². The van der Waals surface area contributed by atoms with Crippen LogP contribution in [-0.2, 0) is 19.5 Å². The van der Waals surface area contributed by atoms with Crippen LogP contribution in [-0.4, -0.2) is 27.6 Å². The zero-order valence-electron chi connectivity index (χ0n) is 12.8. The quantitative estimate of drug-likeness (QED) is 0.917. The van der Waals surface area contributed by atoms with Gasteiger partial charge in [-0.3, -0.25) is 9.48 Å². The summed E-state index contributed by atoms with van der Waals surface area (Å²) in [5.41, 5.74) is 9.14. The first-order valence-corrected chi connectivity index (χ1v) is 7.21. The predicted molar refractivity (Wildman–Crippen MR) is 83.9 cm³/mol. The average molecular weight is 286 g/mol. The number of hydrogen-bond acceptors (Lipinski definition) is 3. The maximum Gasteiger partial charge on any atom is 0.274 e. The van der Waals surface area contributed by atoms with Crippen molar-refractivity contribution in [2.75, 3.05) is 12.8 Å². The standard InChI is InChI=1S/C16H22N4O/c1-4-12-6-8-13(9-7-12)11-19(3)16(21)15-14(17)10-18-20(15)5-2/h6-10H,4-5,11,17H2,1-3H3. The van der Waals surface area contributed by atoms with Crippen LogP contribution in [0.1, 0.15) is 35.5 Å². The topological polar surface area (TPSA) is 64.2 Å². The second-order valence-corrected chi connectivity index (χ2v) is 5.10. The van der Waals surface area contributed by atoms with E-state index < -0.39 is 0 Å². The molecule has 0 spiro atoms. The monoisotopic (exact) mass is 286 g/mol. The molecule has 2 aromatic rings. The molecule has 0 atom stereocenters. The Labute approximate surface area is 125 Å². The van der Waals surface area contributed by atoms with Crippen LogP contribution < -0.4 is 5.73 Å². The van der Waals surface area contributed by atoms with E-state index in [-0.39, 0.29) is 5.91 Å². The molecule has 0 saturated carbocycles. The molecule has 0 aliphatic carbocycles. The Morgan fingerprint density at radius 2 is 1.86 bits per heavy atom. The van der Waals surface area contributed by atoms with Crippen LogP contribution in [0.5, 0.6) is 0 Å². The third-order valence-corrected chi connectivity index (χ3v) is 3.57. The van der Waals surface area contributed by atoms with Gasteiger partial charge < -0.3 is 10.6 Å². The van der Waals surface area contributed by atoms with Crippen LogP contribution in [0.4, 0.5) is 5.69 Å². The van der Waals surface area contributed by atoms with Gasteiger partial charge in [0.05, 0.1) is 11.9 Å². The van der Waals surface area contributed by atoms with E-state index in [0.717, 1.165) is 12.0 Å². The fourth-order valence-electron chi connectivity index (χ4n) is 2.28. The number of carbonyl (C=O) groups excluding carboxylic acids is 1. The van der Waals surface area contributed by atoms with Gasteiger partial charge in [-0.15, -0.1) is 0 Å². The lowest BCUT2D eigenvalue weighted by Crippen LogP contribution is -2.29. The Kier molecular flexibility index (Phi) is 4.62. The van der Waals surface area contributed by atoms with Crippen molar-refractivity contribution in [1.29, 1.82) is 0 Å². The van der Waals surface area contributed by atoms with Crippen molar-refractivity contribution < 1.29 is 4.79 Å². The van der Waals surface area contributed by atoms with Gasteiger partial charge in [0.2, 0.25) is 0 Å². The van der Waals surface area contributed by atoms with Crippen LogP contribution >= 0.6 is 0 Å². The van der Waals surface area contributed by atoms with Gasteiger partial charge in [0, 0.05) is 20.1 Å². The highest BCUT2D eigenvalue weighted by molar-refractivity contribution is 5.97. The largest absolute Gasteiger partial charge is 0.396 e. The summed E-state index contributed by atoms with van der Waals surface area (Å²) in [5, 5.41) is 4.11. The average Bonchev–Trinajstić information content (AvgIpc) is 2.88. The summed E-state index contributed by atoms with van der Waals surface area (Å²) >= 11 is 0. The summed E-state index contributed by atoms with van der Waals surface area (Å²) in [5.74, 6) is -0.105. The number of hydrogen-bond donors (Lipinski definition) is 1. The molecule has 0 aliphatic heterocycles. The zero-order chi connectivity index (χ0) is 15.4. The summed E-state index contributed by atoms with van der Waals surface area (Å²) < 4.78 is 1.63. The number of nitrogens with two attached hydrogens (primary N) is 1. The van der Waals surface area contributed by atoms with E-state index in [4.69, 9.17) is 5.73 Å². The molecule has 2 N–H and O–H groups in total. The number of rotatable bonds is 5. The van der Waals surface area contributed by atoms with E-state index in [9.17, 15) is 4.79 Å². The Morgan fingerprint density at radius 3 is 2.43 bits per heavy atom. The molecular formula is C16H22N4O. The van der Waals surface area contributed by atoms with E-state index in [1.54, 1.807) is 16.6 Å². The first kappa shape index (κ1) is 15.1. The van der Waals surface area contributed by atoms with Crippen molar-refractivity contribution >= 4 is 11.6 Å². The van der Waals surface area contributed by atoms with Crippen molar-refractivity contribution in [3.8, 4) is 0 Å². The molecule has 1 amide bonds. The molecule has 1 heterocycles. The molecule has 112 valence electrons. The molecule has 0 radical (unpaired) electrons. The number of aromatic nitrogens is 2. The molecule has 0 fully saturated rings. The van der Waals surface area contributed by atoms with Gasteiger partial charge >= 0.3 is 0 Å². The summed E-state index contributed by atoms with van der Waals surface area (Å²) in [6.45, 7) is 5.24. The Balaban J connectivity index is 2.13. The van der Waals surface area contributed by atoms with Crippen molar-refractivity contribution in [1.82, 2.24) is 14.7 Å². The van der Waals surface area contributed by atoms with Gasteiger partial charge in [0.1, 0.15) is 5.69 Å². The van der Waals surface area contributed by atoms with Gasteiger partial charge in [0.15, 0.2) is 0 Å². The molecule has 0 aliphatic rings. The molecule has 2 rings (SSSR count). The molecule has 5 nitrogen and oxygen atoms in total. The zero-order valence-corrected chi connectivity index (χ0v) is 12.8. The van der Waals surface area contributed by atoms with Crippen LogP contribution in [0.25, 0.3) is 0 Å². The van der Waals surface area contributed by atoms with Crippen molar-refractivity contribution in [3.05, 3.63) is 47.3 Å². The van der Waals surface area contributed by atoms with E-state index in [0.29, 0.717) is 24.5 Å². The highest BCUT2D eigenvalue weighted by atomic mass is 16.2. The van der Waals surface area contributed by atoms with E-state index >= 15 is 0 Å². The normalized spacial score (nSPS) is 10.6. The highest BCUT2D eigenvalue weighted by Crippen LogP contribution is 2.15. The first-order chi connectivity index (χ1) is 10.1. The van der Waals surface area contributed by atoms with Gasteiger partial charge in [-0.25, -0.2) is 0 Å². The summed E-state index contributed by atoms with van der Waals surface area (Å²) in [4.78, 5) is 14.2. The first-order valence-electron chi connectivity index (χ1n) is 7.21. The number of carbonyl (C=O) groups is 1. The fourth-order valence-corrected chi connectivity index (χ4v) is 2.28. The molecule has 1 aromatic carbocycles. The van der Waals surface area contributed by atoms with Gasteiger partial charge in [0.25, 0.3) is 5.91 Å². The molecular weight excluding hydrogens is 264 g/mol. The van der Waals surface area contributed by atoms with Gasteiger partial charge in [-0.2, -0.15) is 5.10 Å². The lowest BCUT2D eigenvalue weighted by atomic mass is 10.1. The number of benzene rings is 1. The third-order valence-electron chi connectivity index (χ3n) is 3.57. The van der Waals surface area contributed by atoms with E-state index in [1.807, 2.05) is 6.92 Å². The summed E-state index contributed by atoms with van der Waals surface area (Å²) in [6, 6.07) is 8.31. The summed E-state index contributed by atoms with van der Waals surface area (Å²) in [6.07, 6.45) is 2.54. The molecule has 5 heteroatoms. The third kappa shape index (κ3) is 3.24.